The van der Waals surface area contributed by atoms with Gasteiger partial charge in [-0.2, -0.15) is 0 Å². The minimum absolute atomic E-state index is 0.109. The second-order valence-electron chi connectivity index (χ2n) is 11.3. The first kappa shape index (κ1) is 28.7. The zero-order valence-electron chi connectivity index (χ0n) is 23.7. The van der Waals surface area contributed by atoms with Gasteiger partial charge in [-0.05, 0) is 73.7 Å². The number of hydrogen-bond acceptors (Lipinski definition) is 5. The molecule has 0 saturated carbocycles. The number of phenolic OH excluding ortho intramolecular Hbond substituents is 1. The molecule has 1 aliphatic heterocycles. The number of anilines is 1. The summed E-state index contributed by atoms with van der Waals surface area (Å²) in [4.78, 5) is 43.2. The van der Waals surface area contributed by atoms with Crippen LogP contribution in [0.1, 0.15) is 66.8 Å². The van der Waals surface area contributed by atoms with Crippen LogP contribution >= 0.6 is 0 Å². The number of para-hydroxylation sites is 1. The first-order chi connectivity index (χ1) is 18.9. The Morgan fingerprint density at radius 2 is 1.48 bits per heavy atom. The van der Waals surface area contributed by atoms with Crippen molar-refractivity contribution in [3.63, 3.8) is 0 Å². The maximum atomic E-state index is 13.7. The molecular formula is C32H37N3O5. The van der Waals surface area contributed by atoms with Crippen LogP contribution in [-0.4, -0.2) is 64.6 Å². The van der Waals surface area contributed by atoms with Crippen molar-refractivity contribution >= 4 is 23.6 Å². The fraction of sp³-hybridized carbons (Fsp3) is 0.344. The summed E-state index contributed by atoms with van der Waals surface area (Å²) in [6, 6.07) is 19.5. The van der Waals surface area contributed by atoms with E-state index in [4.69, 9.17) is 4.74 Å². The van der Waals surface area contributed by atoms with Gasteiger partial charge in [0.2, 0.25) is 0 Å². The average molecular weight is 544 g/mol. The van der Waals surface area contributed by atoms with Crippen molar-refractivity contribution in [2.24, 2.45) is 0 Å². The largest absolute Gasteiger partial charge is 0.508 e. The van der Waals surface area contributed by atoms with E-state index in [0.717, 1.165) is 11.1 Å². The van der Waals surface area contributed by atoms with Crippen LogP contribution in [0.3, 0.4) is 0 Å². The Hall–Kier alpha value is -4.33. The van der Waals surface area contributed by atoms with Crippen molar-refractivity contribution < 1.29 is 24.2 Å². The van der Waals surface area contributed by atoms with E-state index in [0.29, 0.717) is 37.4 Å². The van der Waals surface area contributed by atoms with Crippen LogP contribution in [0.5, 0.6) is 5.75 Å². The summed E-state index contributed by atoms with van der Waals surface area (Å²) in [7, 11) is 0. The molecule has 8 heteroatoms. The number of ether oxygens (including phenoxy) is 1. The molecule has 1 aliphatic rings. The molecule has 1 heterocycles. The van der Waals surface area contributed by atoms with Gasteiger partial charge < -0.3 is 25.0 Å². The van der Waals surface area contributed by atoms with Crippen LogP contribution < -0.4 is 5.32 Å². The molecule has 210 valence electrons. The number of hydrogen-bond donors (Lipinski definition) is 2. The summed E-state index contributed by atoms with van der Waals surface area (Å²) in [6.07, 6.45) is -0.404. The van der Waals surface area contributed by atoms with Crippen LogP contribution in [0.25, 0.3) is 11.1 Å². The van der Waals surface area contributed by atoms with E-state index in [1.54, 1.807) is 46.2 Å². The number of nitrogens with zero attached hydrogens (tertiary/aromatic N) is 2. The Morgan fingerprint density at radius 3 is 2.12 bits per heavy atom. The molecule has 1 fully saturated rings. The van der Waals surface area contributed by atoms with Crippen LogP contribution in [0.4, 0.5) is 10.5 Å². The van der Waals surface area contributed by atoms with E-state index in [1.165, 1.54) is 0 Å². The molecule has 3 aromatic carbocycles. The Morgan fingerprint density at radius 1 is 0.825 bits per heavy atom. The lowest BCUT2D eigenvalue weighted by Crippen LogP contribution is -2.51. The number of aromatic hydroxyl groups is 1. The van der Waals surface area contributed by atoms with Crippen molar-refractivity contribution in [3.05, 3.63) is 83.4 Å². The monoisotopic (exact) mass is 543 g/mol. The fourth-order valence-electron chi connectivity index (χ4n) is 4.68. The standard InChI is InChI=1S/C32H37N3O5/c1-21(2)25-11-6-7-12-28(25)33-29(37)27-20-23(22-9-8-10-24(36)19-22)13-14-26(27)30(38)34-15-17-35(18-16-34)31(39)40-32(3,4)5/h6-14,19-21,36H,15-18H2,1-5H3,(H,33,37). The number of nitrogens with one attached hydrogen (secondary N) is 1. The minimum atomic E-state index is -0.599. The molecule has 40 heavy (non-hydrogen) atoms. The second-order valence-corrected chi connectivity index (χ2v) is 11.3. The molecule has 0 spiro atoms. The molecule has 2 N–H and O–H groups in total. The molecule has 0 bridgehead atoms. The van der Waals surface area contributed by atoms with Gasteiger partial charge in [0.05, 0.1) is 11.1 Å². The van der Waals surface area contributed by atoms with Crippen LogP contribution in [0, 0.1) is 0 Å². The van der Waals surface area contributed by atoms with E-state index in [9.17, 15) is 19.5 Å². The maximum absolute atomic E-state index is 13.7. The number of piperazine rings is 1. The van der Waals surface area contributed by atoms with Gasteiger partial charge in [0, 0.05) is 31.9 Å². The topological polar surface area (TPSA) is 99.2 Å². The van der Waals surface area contributed by atoms with Gasteiger partial charge in [-0.3, -0.25) is 9.59 Å². The summed E-state index contributed by atoms with van der Waals surface area (Å²) >= 11 is 0. The van der Waals surface area contributed by atoms with Crippen LogP contribution in [0.15, 0.2) is 66.7 Å². The smallest absolute Gasteiger partial charge is 0.410 e. The quantitative estimate of drug-likeness (QED) is 0.404. The Kier molecular flexibility index (Phi) is 8.47. The van der Waals surface area contributed by atoms with Gasteiger partial charge in [-0.25, -0.2) is 4.79 Å². The third-order valence-electron chi connectivity index (χ3n) is 6.72. The zero-order chi connectivity index (χ0) is 29.0. The molecule has 4 rings (SSSR count). The Bertz CT molecular complexity index is 1400. The molecule has 0 aromatic heterocycles. The van der Waals surface area contributed by atoms with E-state index >= 15 is 0 Å². The van der Waals surface area contributed by atoms with E-state index in [1.807, 2.05) is 51.1 Å². The highest BCUT2D eigenvalue weighted by Gasteiger charge is 2.30. The van der Waals surface area contributed by atoms with Crippen molar-refractivity contribution in [1.82, 2.24) is 9.80 Å². The number of carbonyl (C=O) groups is 3. The van der Waals surface area contributed by atoms with Gasteiger partial charge in [0.15, 0.2) is 0 Å². The number of rotatable bonds is 5. The molecular weight excluding hydrogens is 506 g/mol. The van der Waals surface area contributed by atoms with Gasteiger partial charge in [0.1, 0.15) is 11.4 Å². The molecule has 3 aromatic rings. The molecule has 0 unspecified atom stereocenters. The zero-order valence-corrected chi connectivity index (χ0v) is 23.7. The van der Waals surface area contributed by atoms with Crippen LogP contribution in [0.2, 0.25) is 0 Å². The predicted molar refractivity (Wildman–Crippen MR) is 156 cm³/mol. The van der Waals surface area contributed by atoms with E-state index in [-0.39, 0.29) is 28.7 Å². The summed E-state index contributed by atoms with van der Waals surface area (Å²) in [5.41, 5.74) is 3.01. The van der Waals surface area contributed by atoms with Gasteiger partial charge in [-0.15, -0.1) is 0 Å². The van der Waals surface area contributed by atoms with Gasteiger partial charge >= 0.3 is 6.09 Å². The third kappa shape index (κ3) is 6.81. The van der Waals surface area contributed by atoms with Crippen LogP contribution in [-0.2, 0) is 4.74 Å². The molecule has 0 aliphatic carbocycles. The van der Waals surface area contributed by atoms with E-state index in [2.05, 4.69) is 19.2 Å². The third-order valence-corrected chi connectivity index (χ3v) is 6.72. The van der Waals surface area contributed by atoms with Crippen molar-refractivity contribution in [1.29, 1.82) is 0 Å². The summed E-state index contributed by atoms with van der Waals surface area (Å²) in [6.45, 7) is 10.9. The summed E-state index contributed by atoms with van der Waals surface area (Å²) in [5.74, 6) is -0.380. The van der Waals surface area contributed by atoms with Gasteiger partial charge in [0.25, 0.3) is 11.8 Å². The molecule has 0 atom stereocenters. The number of amides is 3. The first-order valence-electron chi connectivity index (χ1n) is 13.5. The average Bonchev–Trinajstić information content (AvgIpc) is 2.91. The second kappa shape index (κ2) is 11.8. The molecule has 8 nitrogen and oxygen atoms in total. The lowest BCUT2D eigenvalue weighted by molar-refractivity contribution is 0.0141. The molecule has 3 amide bonds. The van der Waals surface area contributed by atoms with Crippen molar-refractivity contribution in [3.8, 4) is 16.9 Å². The SMILES string of the molecule is CC(C)c1ccccc1NC(=O)c1cc(-c2cccc(O)c2)ccc1C(=O)N1CCN(C(=O)OC(C)(C)C)CC1. The highest BCUT2D eigenvalue weighted by molar-refractivity contribution is 6.13. The molecule has 1 saturated heterocycles. The lowest BCUT2D eigenvalue weighted by atomic mass is 9.96. The predicted octanol–water partition coefficient (Wildman–Crippen LogP) is 6.13. The summed E-state index contributed by atoms with van der Waals surface area (Å²) < 4.78 is 5.47. The number of phenols is 1. The number of carbonyl (C=O) groups excluding carboxylic acids is 3. The maximum Gasteiger partial charge on any atom is 0.410 e. The highest BCUT2D eigenvalue weighted by Crippen LogP contribution is 2.29. The fourth-order valence-corrected chi connectivity index (χ4v) is 4.68. The normalized spacial score (nSPS) is 13.8. The van der Waals surface area contributed by atoms with Gasteiger partial charge in [-0.1, -0.05) is 50.2 Å². The lowest BCUT2D eigenvalue weighted by Gasteiger charge is -2.35. The van der Waals surface area contributed by atoms with Crippen molar-refractivity contribution in [2.45, 2.75) is 46.1 Å². The number of benzene rings is 3. The minimum Gasteiger partial charge on any atom is -0.508 e. The Labute approximate surface area is 235 Å². The summed E-state index contributed by atoms with van der Waals surface area (Å²) in [5, 5.41) is 13.0. The molecule has 0 radical (unpaired) electrons. The highest BCUT2D eigenvalue weighted by atomic mass is 16.6. The Balaban J connectivity index is 1.63. The van der Waals surface area contributed by atoms with Crippen molar-refractivity contribution in [2.75, 3.05) is 31.5 Å². The van der Waals surface area contributed by atoms with E-state index < -0.39 is 17.6 Å². The first-order valence-corrected chi connectivity index (χ1v) is 13.5.